The Morgan fingerprint density at radius 3 is 2.83 bits per heavy atom. The van der Waals surface area contributed by atoms with Crippen molar-refractivity contribution in [2.45, 2.75) is 13.2 Å². The maximum absolute atomic E-state index is 9.33. The van der Waals surface area contributed by atoms with Crippen molar-refractivity contribution in [1.29, 1.82) is 0 Å². The smallest absolute Gasteiger partial charge is 0.231 e. The normalized spacial score (nSPS) is 12.7. The van der Waals surface area contributed by atoms with Crippen LogP contribution < -0.4 is 14.2 Å². The average molecular weight is 264 g/mol. The minimum absolute atomic E-state index is 0.0877. The molecule has 3 rings (SSSR count). The van der Waals surface area contributed by atoms with E-state index in [-0.39, 0.29) is 13.4 Å². The average Bonchev–Trinajstić information content (AvgIpc) is 3.05. The SMILES string of the molecule is OCc1cc2c(cc1OCc1ccsc1)OCO2. The monoisotopic (exact) mass is 264 g/mol. The van der Waals surface area contributed by atoms with Crippen molar-refractivity contribution in [3.63, 3.8) is 0 Å². The van der Waals surface area contributed by atoms with Crippen LogP contribution >= 0.6 is 11.3 Å². The number of fused-ring (bicyclic) bond motifs is 1. The summed E-state index contributed by atoms with van der Waals surface area (Å²) in [5.74, 6) is 1.95. The van der Waals surface area contributed by atoms with Gasteiger partial charge in [0.1, 0.15) is 12.4 Å². The Labute approximate surface area is 108 Å². The summed E-state index contributed by atoms with van der Waals surface area (Å²) in [7, 11) is 0. The second kappa shape index (κ2) is 4.88. The van der Waals surface area contributed by atoms with Gasteiger partial charge in [-0.2, -0.15) is 11.3 Å². The number of rotatable bonds is 4. The summed E-state index contributed by atoms with van der Waals surface area (Å²) < 4.78 is 16.3. The van der Waals surface area contributed by atoms with Gasteiger partial charge in [-0.3, -0.25) is 0 Å². The largest absolute Gasteiger partial charge is 0.488 e. The molecule has 0 bridgehead atoms. The third-order valence-corrected chi connectivity index (χ3v) is 3.43. The molecule has 1 N–H and O–H groups in total. The molecule has 2 heterocycles. The van der Waals surface area contributed by atoms with Crippen molar-refractivity contribution in [2.75, 3.05) is 6.79 Å². The van der Waals surface area contributed by atoms with Crippen LogP contribution in [0.2, 0.25) is 0 Å². The first-order valence-corrected chi connectivity index (χ1v) is 6.48. The molecule has 0 amide bonds. The molecule has 2 aromatic rings. The zero-order chi connectivity index (χ0) is 12.4. The molecule has 94 valence electrons. The molecule has 0 radical (unpaired) electrons. The Balaban J connectivity index is 1.82. The summed E-state index contributed by atoms with van der Waals surface area (Å²) in [6, 6.07) is 5.53. The Bertz CT molecular complexity index is 536. The van der Waals surface area contributed by atoms with Crippen LogP contribution in [0.5, 0.6) is 17.2 Å². The van der Waals surface area contributed by atoms with Gasteiger partial charge < -0.3 is 19.3 Å². The van der Waals surface area contributed by atoms with Gasteiger partial charge in [0.2, 0.25) is 6.79 Å². The minimum Gasteiger partial charge on any atom is -0.488 e. The Hall–Kier alpha value is -1.72. The van der Waals surface area contributed by atoms with Crippen LogP contribution in [-0.2, 0) is 13.2 Å². The van der Waals surface area contributed by atoms with E-state index in [1.54, 1.807) is 23.5 Å². The van der Waals surface area contributed by atoms with Crippen LogP contribution in [0.4, 0.5) is 0 Å². The molecule has 0 atom stereocenters. The molecular formula is C13H12O4S. The highest BCUT2D eigenvalue weighted by atomic mass is 32.1. The molecule has 5 heteroatoms. The molecule has 1 aromatic heterocycles. The predicted molar refractivity (Wildman–Crippen MR) is 67.1 cm³/mol. The number of aliphatic hydroxyl groups excluding tert-OH is 1. The maximum Gasteiger partial charge on any atom is 0.231 e. The lowest BCUT2D eigenvalue weighted by Gasteiger charge is -2.10. The van der Waals surface area contributed by atoms with Crippen molar-refractivity contribution in [1.82, 2.24) is 0 Å². The summed E-state index contributed by atoms with van der Waals surface area (Å²) in [6.45, 7) is 0.611. The first kappa shape index (κ1) is 11.4. The third-order valence-electron chi connectivity index (χ3n) is 2.70. The highest BCUT2D eigenvalue weighted by Gasteiger charge is 2.17. The number of benzene rings is 1. The van der Waals surface area contributed by atoms with Crippen LogP contribution in [0, 0.1) is 0 Å². The molecule has 0 unspecified atom stereocenters. The summed E-state index contributed by atoms with van der Waals surface area (Å²) in [4.78, 5) is 0. The molecule has 0 saturated carbocycles. The third kappa shape index (κ3) is 2.14. The summed E-state index contributed by atoms with van der Waals surface area (Å²) in [5.41, 5.74) is 1.82. The first-order valence-electron chi connectivity index (χ1n) is 5.54. The first-order chi connectivity index (χ1) is 8.86. The second-order valence-electron chi connectivity index (χ2n) is 3.89. The van der Waals surface area contributed by atoms with Crippen molar-refractivity contribution >= 4 is 11.3 Å². The van der Waals surface area contributed by atoms with E-state index < -0.39 is 0 Å². The Morgan fingerprint density at radius 2 is 2.11 bits per heavy atom. The number of aliphatic hydroxyl groups is 1. The Morgan fingerprint density at radius 1 is 1.28 bits per heavy atom. The number of ether oxygens (including phenoxy) is 3. The standard InChI is InChI=1S/C13H12O4S/c14-5-10-3-12-13(17-8-16-12)4-11(10)15-6-9-1-2-18-7-9/h1-4,7,14H,5-6,8H2. The van der Waals surface area contributed by atoms with E-state index in [1.807, 2.05) is 16.8 Å². The zero-order valence-electron chi connectivity index (χ0n) is 9.59. The molecule has 0 fully saturated rings. The van der Waals surface area contributed by atoms with Crippen LogP contribution in [-0.4, -0.2) is 11.9 Å². The topological polar surface area (TPSA) is 47.9 Å². The zero-order valence-corrected chi connectivity index (χ0v) is 10.4. The molecule has 0 aliphatic carbocycles. The number of hydrogen-bond acceptors (Lipinski definition) is 5. The molecule has 0 saturated heterocycles. The maximum atomic E-state index is 9.33. The van der Waals surface area contributed by atoms with Crippen LogP contribution in [0.1, 0.15) is 11.1 Å². The summed E-state index contributed by atoms with van der Waals surface area (Å²) in [5, 5.41) is 13.4. The van der Waals surface area contributed by atoms with Gasteiger partial charge in [0, 0.05) is 11.6 Å². The van der Waals surface area contributed by atoms with Gasteiger partial charge in [0.25, 0.3) is 0 Å². The lowest BCUT2D eigenvalue weighted by atomic mass is 10.2. The predicted octanol–water partition coefficient (Wildman–Crippen LogP) is 2.55. The molecule has 4 nitrogen and oxygen atoms in total. The van der Waals surface area contributed by atoms with E-state index >= 15 is 0 Å². The molecular weight excluding hydrogens is 252 g/mol. The summed E-state index contributed by atoms with van der Waals surface area (Å²) >= 11 is 1.63. The molecule has 18 heavy (non-hydrogen) atoms. The van der Waals surface area contributed by atoms with E-state index in [0.717, 1.165) is 5.56 Å². The van der Waals surface area contributed by atoms with Gasteiger partial charge in [-0.1, -0.05) is 0 Å². The van der Waals surface area contributed by atoms with Crippen molar-refractivity contribution < 1.29 is 19.3 Å². The van der Waals surface area contributed by atoms with Crippen LogP contribution in [0.15, 0.2) is 29.0 Å². The van der Waals surface area contributed by atoms with Crippen LogP contribution in [0.25, 0.3) is 0 Å². The number of thiophene rings is 1. The lowest BCUT2D eigenvalue weighted by Crippen LogP contribution is -1.98. The van der Waals surface area contributed by atoms with Gasteiger partial charge in [0.05, 0.1) is 6.61 Å². The lowest BCUT2D eigenvalue weighted by molar-refractivity contribution is 0.173. The molecule has 1 aromatic carbocycles. The van der Waals surface area contributed by atoms with E-state index in [4.69, 9.17) is 14.2 Å². The fraction of sp³-hybridized carbons (Fsp3) is 0.231. The van der Waals surface area contributed by atoms with Gasteiger partial charge in [-0.25, -0.2) is 0 Å². The van der Waals surface area contributed by atoms with Gasteiger partial charge in [0.15, 0.2) is 11.5 Å². The second-order valence-corrected chi connectivity index (χ2v) is 4.67. The van der Waals surface area contributed by atoms with Gasteiger partial charge >= 0.3 is 0 Å². The van der Waals surface area contributed by atoms with E-state index in [2.05, 4.69) is 0 Å². The van der Waals surface area contributed by atoms with Crippen molar-refractivity contribution in [3.05, 3.63) is 40.1 Å². The van der Waals surface area contributed by atoms with E-state index in [1.165, 1.54) is 0 Å². The van der Waals surface area contributed by atoms with Gasteiger partial charge in [-0.15, -0.1) is 0 Å². The van der Waals surface area contributed by atoms with Crippen molar-refractivity contribution in [2.24, 2.45) is 0 Å². The van der Waals surface area contributed by atoms with Crippen molar-refractivity contribution in [3.8, 4) is 17.2 Å². The van der Waals surface area contributed by atoms with E-state index in [0.29, 0.717) is 29.4 Å². The van der Waals surface area contributed by atoms with Gasteiger partial charge in [-0.05, 0) is 28.5 Å². The highest BCUT2D eigenvalue weighted by Crippen LogP contribution is 2.38. The number of hydrogen-bond donors (Lipinski definition) is 1. The molecule has 1 aliphatic heterocycles. The highest BCUT2D eigenvalue weighted by molar-refractivity contribution is 7.07. The summed E-state index contributed by atoms with van der Waals surface area (Å²) in [6.07, 6.45) is 0. The fourth-order valence-electron chi connectivity index (χ4n) is 1.76. The molecule has 1 aliphatic rings. The van der Waals surface area contributed by atoms with E-state index in [9.17, 15) is 5.11 Å². The molecule has 0 spiro atoms. The fourth-order valence-corrected chi connectivity index (χ4v) is 2.41. The van der Waals surface area contributed by atoms with Crippen LogP contribution in [0.3, 0.4) is 0 Å². The minimum atomic E-state index is -0.0877. The Kier molecular flexibility index (Phi) is 3.08. The quantitative estimate of drug-likeness (QED) is 0.922.